The summed E-state index contributed by atoms with van der Waals surface area (Å²) in [7, 11) is 0. The fourth-order valence-electron chi connectivity index (χ4n) is 3.85. The van der Waals surface area contributed by atoms with Gasteiger partial charge < -0.3 is 15.5 Å². The highest BCUT2D eigenvalue weighted by molar-refractivity contribution is 7.18. The molecule has 0 saturated carbocycles. The molecule has 32 heavy (non-hydrogen) atoms. The minimum atomic E-state index is 0.187. The van der Waals surface area contributed by atoms with E-state index in [1.807, 2.05) is 30.6 Å². The van der Waals surface area contributed by atoms with E-state index in [-0.39, 0.29) is 6.04 Å². The van der Waals surface area contributed by atoms with Crippen molar-refractivity contribution >= 4 is 27.7 Å². The molecule has 1 aliphatic heterocycles. The van der Waals surface area contributed by atoms with Gasteiger partial charge in [0.15, 0.2) is 5.01 Å². The summed E-state index contributed by atoms with van der Waals surface area (Å²) in [6.45, 7) is 7.92. The minimum absolute atomic E-state index is 0.187. The first-order chi connectivity index (χ1) is 15.6. The normalized spacial score (nSPS) is 14.1. The average molecular weight is 446 g/mol. The lowest BCUT2D eigenvalue weighted by atomic mass is 10.0. The molecule has 0 bridgehead atoms. The molecule has 10 heteroatoms. The van der Waals surface area contributed by atoms with Crippen molar-refractivity contribution in [2.75, 3.05) is 36.4 Å². The number of nitrogens with zero attached hydrogens (tertiary/aromatic N) is 7. The predicted octanol–water partition coefficient (Wildman–Crippen LogP) is 3.02. The number of piperazine rings is 1. The molecule has 4 aromatic heterocycles. The van der Waals surface area contributed by atoms with Crippen LogP contribution in [-0.2, 0) is 0 Å². The van der Waals surface area contributed by atoms with Gasteiger partial charge in [-0.25, -0.2) is 4.52 Å². The summed E-state index contributed by atoms with van der Waals surface area (Å²) in [5, 5.41) is 31.5. The highest BCUT2D eigenvalue weighted by Crippen LogP contribution is 2.36. The lowest BCUT2D eigenvalue weighted by Gasteiger charge is -2.26. The fourth-order valence-corrected chi connectivity index (χ4v) is 4.72. The number of nitriles is 1. The number of rotatable bonds is 5. The van der Waals surface area contributed by atoms with Crippen LogP contribution < -0.4 is 15.5 Å². The fraction of sp³-hybridized carbons (Fsp3) is 0.318. The second-order valence-electron chi connectivity index (χ2n) is 7.93. The van der Waals surface area contributed by atoms with Gasteiger partial charge in [0.05, 0.1) is 28.7 Å². The number of anilines is 2. The number of pyridine rings is 1. The largest absolute Gasteiger partial charge is 0.381 e. The highest BCUT2D eigenvalue weighted by Gasteiger charge is 2.20. The van der Waals surface area contributed by atoms with E-state index in [2.05, 4.69) is 50.7 Å². The van der Waals surface area contributed by atoms with Gasteiger partial charge in [-0.15, -0.1) is 10.2 Å². The Morgan fingerprint density at radius 1 is 1.22 bits per heavy atom. The van der Waals surface area contributed by atoms with E-state index in [9.17, 15) is 5.26 Å². The molecule has 1 aliphatic rings. The first kappa shape index (κ1) is 20.4. The Balaban J connectivity index is 1.59. The van der Waals surface area contributed by atoms with E-state index in [1.54, 1.807) is 22.0 Å². The van der Waals surface area contributed by atoms with Gasteiger partial charge in [0, 0.05) is 55.7 Å². The zero-order valence-electron chi connectivity index (χ0n) is 17.9. The molecule has 0 amide bonds. The molecule has 9 nitrogen and oxygen atoms in total. The molecule has 2 N–H and O–H groups in total. The number of hydrogen-bond donors (Lipinski definition) is 2. The molecule has 0 aromatic carbocycles. The topological polar surface area (TPSA) is 107 Å². The summed E-state index contributed by atoms with van der Waals surface area (Å²) in [5.41, 5.74) is 4.56. The molecule has 1 fully saturated rings. The lowest BCUT2D eigenvalue weighted by molar-refractivity contribution is 0.587. The molecule has 0 aliphatic carbocycles. The van der Waals surface area contributed by atoms with Crippen molar-refractivity contribution in [3.05, 3.63) is 42.4 Å². The smallest absolute Gasteiger partial charge is 0.208 e. The molecular weight excluding hydrogens is 422 g/mol. The summed E-state index contributed by atoms with van der Waals surface area (Å²) in [4.78, 5) is 7.06. The molecule has 162 valence electrons. The van der Waals surface area contributed by atoms with Crippen LogP contribution in [0, 0.1) is 11.3 Å². The number of hydrogen-bond acceptors (Lipinski definition) is 9. The van der Waals surface area contributed by atoms with Crippen molar-refractivity contribution in [2.45, 2.75) is 19.9 Å². The van der Waals surface area contributed by atoms with Crippen LogP contribution >= 0.6 is 11.3 Å². The number of nitrogens with one attached hydrogen (secondary N) is 2. The van der Waals surface area contributed by atoms with Crippen LogP contribution in [0.5, 0.6) is 0 Å². The van der Waals surface area contributed by atoms with Gasteiger partial charge in [-0.1, -0.05) is 11.3 Å². The first-order valence-corrected chi connectivity index (χ1v) is 11.4. The Labute approximate surface area is 189 Å². The molecule has 1 saturated heterocycles. The summed E-state index contributed by atoms with van der Waals surface area (Å²) >= 11 is 1.58. The molecule has 4 aromatic rings. The van der Waals surface area contributed by atoms with Crippen molar-refractivity contribution in [1.29, 1.82) is 5.26 Å². The van der Waals surface area contributed by atoms with Crippen molar-refractivity contribution in [2.24, 2.45) is 0 Å². The Morgan fingerprint density at radius 3 is 2.84 bits per heavy atom. The van der Waals surface area contributed by atoms with E-state index in [4.69, 9.17) is 4.98 Å². The van der Waals surface area contributed by atoms with Crippen LogP contribution in [0.15, 0.2) is 36.8 Å². The van der Waals surface area contributed by atoms with Crippen LogP contribution in [0.1, 0.15) is 19.4 Å². The number of aromatic nitrogens is 5. The third-order valence-electron chi connectivity index (χ3n) is 5.30. The molecule has 0 radical (unpaired) electrons. The van der Waals surface area contributed by atoms with Gasteiger partial charge in [0.25, 0.3) is 0 Å². The van der Waals surface area contributed by atoms with Crippen LogP contribution in [0.2, 0.25) is 0 Å². The Hall–Kier alpha value is -3.55. The summed E-state index contributed by atoms with van der Waals surface area (Å²) in [5.74, 6) is 0. The third-order valence-corrected chi connectivity index (χ3v) is 6.34. The zero-order valence-corrected chi connectivity index (χ0v) is 18.7. The van der Waals surface area contributed by atoms with Crippen molar-refractivity contribution in [3.63, 3.8) is 0 Å². The SMILES string of the molecule is CC(C)Nc1cc(-c2nnc(N3CCNCC3)s2)cnc1-c1c(C#N)cnn2cccc12. The minimum Gasteiger partial charge on any atom is -0.381 e. The number of fused-ring (bicyclic) bond motifs is 1. The van der Waals surface area contributed by atoms with E-state index in [0.29, 0.717) is 5.56 Å². The van der Waals surface area contributed by atoms with Crippen LogP contribution in [0.3, 0.4) is 0 Å². The molecule has 0 spiro atoms. The van der Waals surface area contributed by atoms with Gasteiger partial charge in [-0.3, -0.25) is 4.98 Å². The maximum atomic E-state index is 9.74. The highest BCUT2D eigenvalue weighted by atomic mass is 32.1. The molecule has 0 atom stereocenters. The maximum absolute atomic E-state index is 9.74. The van der Waals surface area contributed by atoms with E-state index in [1.165, 1.54) is 0 Å². The van der Waals surface area contributed by atoms with Crippen LogP contribution in [-0.4, -0.2) is 57.0 Å². The Kier molecular flexibility index (Phi) is 5.43. The molecule has 5 rings (SSSR count). The summed E-state index contributed by atoms with van der Waals surface area (Å²) in [6.07, 6.45) is 5.26. The first-order valence-electron chi connectivity index (χ1n) is 10.6. The van der Waals surface area contributed by atoms with Gasteiger partial charge in [0.1, 0.15) is 6.07 Å². The van der Waals surface area contributed by atoms with Gasteiger partial charge in [0.2, 0.25) is 5.13 Å². The van der Waals surface area contributed by atoms with Crippen LogP contribution in [0.4, 0.5) is 10.8 Å². The van der Waals surface area contributed by atoms with Gasteiger partial charge in [-0.05, 0) is 32.0 Å². The second-order valence-corrected chi connectivity index (χ2v) is 8.89. The van der Waals surface area contributed by atoms with E-state index >= 15 is 0 Å². The molecular formula is C22H23N9S. The summed E-state index contributed by atoms with van der Waals surface area (Å²) in [6, 6.07) is 8.36. The second kappa shape index (κ2) is 8.53. The van der Waals surface area contributed by atoms with Crippen LogP contribution in [0.25, 0.3) is 27.3 Å². The predicted molar refractivity (Wildman–Crippen MR) is 126 cm³/mol. The lowest BCUT2D eigenvalue weighted by Crippen LogP contribution is -2.43. The molecule has 0 unspecified atom stereocenters. The van der Waals surface area contributed by atoms with Crippen molar-refractivity contribution in [3.8, 4) is 27.9 Å². The van der Waals surface area contributed by atoms with E-state index < -0.39 is 0 Å². The average Bonchev–Trinajstić information content (AvgIpc) is 3.49. The zero-order chi connectivity index (χ0) is 22.1. The quantitative estimate of drug-likeness (QED) is 0.483. The standard InChI is InChI=1S/C22H23N9S/c1-14(2)27-17-10-15(21-28-29-22(32-21)30-8-5-24-6-9-30)12-25-20(17)19-16(11-23)13-26-31-7-3-4-18(19)31/h3-4,7,10,12-14,24,27H,5-6,8-9H2,1-2H3. The third kappa shape index (κ3) is 3.77. The van der Waals surface area contributed by atoms with Gasteiger partial charge >= 0.3 is 0 Å². The summed E-state index contributed by atoms with van der Waals surface area (Å²) < 4.78 is 1.76. The molecule has 5 heterocycles. The van der Waals surface area contributed by atoms with Crippen molar-refractivity contribution in [1.82, 2.24) is 30.1 Å². The van der Waals surface area contributed by atoms with Crippen molar-refractivity contribution < 1.29 is 0 Å². The van der Waals surface area contributed by atoms with Gasteiger partial charge in [-0.2, -0.15) is 10.4 Å². The van der Waals surface area contributed by atoms with E-state index in [0.717, 1.165) is 64.3 Å². The Bertz CT molecular complexity index is 1290. The Morgan fingerprint density at radius 2 is 2.06 bits per heavy atom. The maximum Gasteiger partial charge on any atom is 0.208 e. The monoisotopic (exact) mass is 445 g/mol.